The van der Waals surface area contributed by atoms with Gasteiger partial charge in [0.25, 0.3) is 11.5 Å². The van der Waals surface area contributed by atoms with Gasteiger partial charge >= 0.3 is 5.97 Å². The van der Waals surface area contributed by atoms with E-state index in [1.807, 2.05) is 0 Å². The number of likely N-dealkylation sites (tertiary alicyclic amines) is 1. The molecule has 1 amide bonds. The number of fused-ring (bicyclic) bond motifs is 1. The van der Waals surface area contributed by atoms with Crippen LogP contribution in [0.5, 0.6) is 0 Å². The van der Waals surface area contributed by atoms with Gasteiger partial charge in [0.1, 0.15) is 5.56 Å². The van der Waals surface area contributed by atoms with Crippen LogP contribution in [0.2, 0.25) is 0 Å². The van der Waals surface area contributed by atoms with Crippen LogP contribution in [0.4, 0.5) is 0 Å². The van der Waals surface area contributed by atoms with Crippen molar-refractivity contribution in [3.05, 3.63) is 33.2 Å². The molecule has 6 heteroatoms. The molecule has 136 valence electrons. The minimum atomic E-state index is -0.800. The summed E-state index contributed by atoms with van der Waals surface area (Å²) >= 11 is 0. The van der Waals surface area contributed by atoms with E-state index in [1.165, 1.54) is 0 Å². The third-order valence-electron chi connectivity index (χ3n) is 5.39. The molecule has 1 saturated heterocycles. The van der Waals surface area contributed by atoms with Crippen LogP contribution in [0.1, 0.15) is 66.6 Å². The van der Waals surface area contributed by atoms with E-state index < -0.39 is 5.97 Å². The first-order valence-electron chi connectivity index (χ1n) is 9.30. The average Bonchev–Trinajstić information content (AvgIpc) is 2.83. The number of amides is 1. The molecule has 3 rings (SSSR count). The lowest BCUT2D eigenvalue weighted by Gasteiger charge is -2.32. The lowest BCUT2D eigenvalue weighted by Crippen LogP contribution is -2.42. The molecule has 1 aliphatic heterocycles. The number of carbonyl (C=O) groups is 2. The van der Waals surface area contributed by atoms with E-state index in [-0.39, 0.29) is 29.4 Å². The van der Waals surface area contributed by atoms with Crippen LogP contribution in [0.3, 0.4) is 0 Å². The predicted octanol–water partition coefficient (Wildman–Crippen LogP) is 2.36. The summed E-state index contributed by atoms with van der Waals surface area (Å²) in [5.41, 5.74) is 2.02. The minimum absolute atomic E-state index is 0.131. The molecular weight excluding hydrogens is 320 g/mol. The topological polar surface area (TPSA) is 90.5 Å². The Kier molecular flexibility index (Phi) is 5.56. The van der Waals surface area contributed by atoms with Gasteiger partial charge in [0.2, 0.25) is 0 Å². The van der Waals surface area contributed by atoms with Crippen molar-refractivity contribution in [3.8, 4) is 0 Å². The van der Waals surface area contributed by atoms with Crippen molar-refractivity contribution in [2.24, 2.45) is 5.92 Å². The van der Waals surface area contributed by atoms with Gasteiger partial charge in [0, 0.05) is 25.2 Å². The van der Waals surface area contributed by atoms with Crippen LogP contribution in [-0.4, -0.2) is 40.0 Å². The van der Waals surface area contributed by atoms with Crippen LogP contribution in [0, 0.1) is 5.92 Å². The molecule has 1 aromatic heterocycles. The van der Waals surface area contributed by atoms with Gasteiger partial charge in [-0.3, -0.25) is 14.4 Å². The number of H-pyrrole nitrogens is 1. The number of aromatic amines is 1. The summed E-state index contributed by atoms with van der Waals surface area (Å²) < 4.78 is 0. The highest BCUT2D eigenvalue weighted by atomic mass is 16.4. The first-order chi connectivity index (χ1) is 12.0. The highest BCUT2D eigenvalue weighted by Gasteiger charge is 2.27. The number of aromatic nitrogens is 1. The van der Waals surface area contributed by atoms with Crippen molar-refractivity contribution in [2.45, 2.75) is 57.8 Å². The van der Waals surface area contributed by atoms with Crippen LogP contribution in [0.25, 0.3) is 0 Å². The van der Waals surface area contributed by atoms with E-state index >= 15 is 0 Å². The van der Waals surface area contributed by atoms with Gasteiger partial charge in [-0.15, -0.1) is 0 Å². The molecule has 0 spiro atoms. The number of piperidine rings is 1. The summed E-state index contributed by atoms with van der Waals surface area (Å²) in [5, 5.41) is 8.84. The monoisotopic (exact) mass is 346 g/mol. The highest BCUT2D eigenvalue weighted by molar-refractivity contribution is 5.94. The number of carboxylic acid groups (broad SMARTS) is 1. The maximum atomic E-state index is 12.9. The maximum Gasteiger partial charge on any atom is 0.303 e. The number of aliphatic carboxylic acids is 1. The van der Waals surface area contributed by atoms with E-state index in [4.69, 9.17) is 5.11 Å². The average molecular weight is 346 g/mol. The Morgan fingerprint density at radius 2 is 2.00 bits per heavy atom. The smallest absolute Gasteiger partial charge is 0.303 e. The second-order valence-electron chi connectivity index (χ2n) is 7.27. The van der Waals surface area contributed by atoms with Gasteiger partial charge < -0.3 is 15.0 Å². The molecule has 0 saturated carbocycles. The summed E-state index contributed by atoms with van der Waals surface area (Å²) in [6.07, 6.45) is 7.62. The van der Waals surface area contributed by atoms with Gasteiger partial charge in [-0.25, -0.2) is 0 Å². The van der Waals surface area contributed by atoms with Gasteiger partial charge in [-0.05, 0) is 62.5 Å². The lowest BCUT2D eigenvalue weighted by atomic mass is 9.93. The molecule has 1 fully saturated rings. The van der Waals surface area contributed by atoms with E-state index in [0.29, 0.717) is 19.5 Å². The zero-order chi connectivity index (χ0) is 17.8. The van der Waals surface area contributed by atoms with E-state index in [9.17, 15) is 14.4 Å². The molecule has 2 aliphatic rings. The number of aryl methyl sites for hydroxylation is 2. The molecule has 1 aliphatic carbocycles. The molecule has 0 bridgehead atoms. The minimum Gasteiger partial charge on any atom is -0.481 e. The zero-order valence-corrected chi connectivity index (χ0v) is 14.6. The number of rotatable bonds is 4. The Labute approximate surface area is 147 Å². The fourth-order valence-electron chi connectivity index (χ4n) is 3.99. The first-order valence-corrected chi connectivity index (χ1v) is 9.30. The van der Waals surface area contributed by atoms with Gasteiger partial charge in [-0.2, -0.15) is 0 Å². The Balaban J connectivity index is 1.75. The quantitative estimate of drug-likeness (QED) is 0.819. The van der Waals surface area contributed by atoms with Gasteiger partial charge in [0.05, 0.1) is 0 Å². The molecule has 1 atom stereocenters. The van der Waals surface area contributed by atoms with Crippen LogP contribution >= 0.6 is 0 Å². The Hall–Kier alpha value is -2.11. The van der Waals surface area contributed by atoms with Crippen molar-refractivity contribution >= 4 is 11.9 Å². The summed E-state index contributed by atoms with van der Waals surface area (Å²) in [5.74, 6) is -0.812. The number of carboxylic acids is 1. The van der Waals surface area contributed by atoms with Crippen LogP contribution < -0.4 is 5.56 Å². The number of hydrogen-bond acceptors (Lipinski definition) is 3. The highest BCUT2D eigenvalue weighted by Crippen LogP contribution is 2.23. The number of hydrogen-bond donors (Lipinski definition) is 2. The molecule has 6 nitrogen and oxygen atoms in total. The predicted molar refractivity (Wildman–Crippen MR) is 93.8 cm³/mol. The summed E-state index contributed by atoms with van der Waals surface area (Å²) in [4.78, 5) is 40.7. The lowest BCUT2D eigenvalue weighted by molar-refractivity contribution is -0.137. The van der Waals surface area contributed by atoms with Crippen molar-refractivity contribution in [3.63, 3.8) is 0 Å². The van der Waals surface area contributed by atoms with Crippen molar-refractivity contribution in [1.29, 1.82) is 0 Å². The standard InChI is InChI=1S/C19H26N2O4/c22-17(23)9-8-13-5-4-10-21(12-13)19(25)15-11-14-6-2-1-3-7-16(14)20-18(15)24/h11,13H,1-10,12H2,(H,20,24)(H,22,23). The molecule has 2 heterocycles. The first kappa shape index (κ1) is 17.7. The van der Waals surface area contributed by atoms with E-state index in [0.717, 1.165) is 56.2 Å². The summed E-state index contributed by atoms with van der Waals surface area (Å²) in [6.45, 7) is 1.18. The van der Waals surface area contributed by atoms with E-state index in [2.05, 4.69) is 4.98 Å². The Bertz CT molecular complexity index is 710. The van der Waals surface area contributed by atoms with E-state index in [1.54, 1.807) is 11.0 Å². The Morgan fingerprint density at radius 1 is 1.20 bits per heavy atom. The molecule has 25 heavy (non-hydrogen) atoms. The third kappa shape index (κ3) is 4.30. The second-order valence-corrected chi connectivity index (χ2v) is 7.27. The Morgan fingerprint density at radius 3 is 2.80 bits per heavy atom. The fourth-order valence-corrected chi connectivity index (χ4v) is 3.99. The molecule has 2 N–H and O–H groups in total. The second kappa shape index (κ2) is 7.85. The fraction of sp³-hybridized carbons (Fsp3) is 0.632. The van der Waals surface area contributed by atoms with Crippen LogP contribution in [0.15, 0.2) is 10.9 Å². The zero-order valence-electron chi connectivity index (χ0n) is 14.6. The van der Waals surface area contributed by atoms with Crippen LogP contribution in [-0.2, 0) is 17.6 Å². The molecule has 1 aromatic rings. The number of nitrogens with zero attached hydrogens (tertiary/aromatic N) is 1. The third-order valence-corrected chi connectivity index (χ3v) is 5.39. The largest absolute Gasteiger partial charge is 0.481 e. The SMILES string of the molecule is O=C(O)CCC1CCCN(C(=O)c2cc3c([nH]c2=O)CCCCC3)C1. The molecule has 1 unspecified atom stereocenters. The maximum absolute atomic E-state index is 12.9. The molecular formula is C19H26N2O4. The number of nitrogens with one attached hydrogen (secondary N) is 1. The van der Waals surface area contributed by atoms with Crippen molar-refractivity contribution in [1.82, 2.24) is 9.88 Å². The van der Waals surface area contributed by atoms with Gasteiger partial charge in [0.15, 0.2) is 0 Å². The summed E-state index contributed by atoms with van der Waals surface area (Å²) in [7, 11) is 0. The number of pyridine rings is 1. The van der Waals surface area contributed by atoms with Crippen molar-refractivity contribution in [2.75, 3.05) is 13.1 Å². The normalized spacial score (nSPS) is 20.6. The summed E-state index contributed by atoms with van der Waals surface area (Å²) in [6, 6.07) is 1.79. The molecule has 0 radical (unpaired) electrons. The van der Waals surface area contributed by atoms with Gasteiger partial charge in [-0.1, -0.05) is 6.42 Å². The number of carbonyl (C=O) groups excluding carboxylic acids is 1. The van der Waals surface area contributed by atoms with Crippen molar-refractivity contribution < 1.29 is 14.7 Å². The molecule has 0 aromatic carbocycles.